The Morgan fingerprint density at radius 2 is 1.53 bits per heavy atom. The van der Waals surface area contributed by atoms with Crippen LogP contribution in [0.3, 0.4) is 0 Å². The molecular formula is C15H19NO3. The lowest BCUT2D eigenvalue weighted by Crippen LogP contribution is -2.30. The van der Waals surface area contributed by atoms with E-state index in [0.29, 0.717) is 17.7 Å². The second-order valence-corrected chi connectivity index (χ2v) is 4.70. The number of hydrogen-bond acceptors (Lipinski definition) is 3. The van der Waals surface area contributed by atoms with Gasteiger partial charge in [-0.25, -0.2) is 0 Å². The number of carbonyl (C=O) groups is 2. The van der Waals surface area contributed by atoms with Crippen LogP contribution in [-0.4, -0.2) is 23.5 Å². The molecule has 0 atom stereocenters. The van der Waals surface area contributed by atoms with Crippen molar-refractivity contribution in [3.63, 3.8) is 0 Å². The van der Waals surface area contributed by atoms with Crippen molar-refractivity contribution >= 4 is 11.8 Å². The molecule has 0 saturated carbocycles. The molecule has 4 nitrogen and oxygen atoms in total. The average Bonchev–Trinajstić information content (AvgIpc) is 2.68. The molecule has 1 aromatic carbocycles. The standard InChI is InChI=1S/C15H19NO3/c1-2-3-4-5-8-11-19-16-14(17)12-9-6-7-10-13(12)15(16)18/h6-7,9-10H,2-5,8,11H2,1H3. The summed E-state index contributed by atoms with van der Waals surface area (Å²) in [6, 6.07) is 6.80. The highest BCUT2D eigenvalue weighted by molar-refractivity contribution is 6.20. The fourth-order valence-electron chi connectivity index (χ4n) is 2.15. The Kier molecular flexibility index (Phi) is 4.68. The fraction of sp³-hybridized carbons (Fsp3) is 0.467. The molecule has 0 aromatic heterocycles. The smallest absolute Gasteiger partial charge is 0.266 e. The normalized spacial score (nSPS) is 14.1. The maximum Gasteiger partial charge on any atom is 0.285 e. The first-order valence-corrected chi connectivity index (χ1v) is 6.86. The fourth-order valence-corrected chi connectivity index (χ4v) is 2.15. The van der Waals surface area contributed by atoms with Gasteiger partial charge in [-0.05, 0) is 18.6 Å². The van der Waals surface area contributed by atoms with E-state index in [4.69, 9.17) is 4.84 Å². The lowest BCUT2D eigenvalue weighted by atomic mass is 10.1. The monoisotopic (exact) mass is 261 g/mol. The highest BCUT2D eigenvalue weighted by atomic mass is 16.7. The zero-order chi connectivity index (χ0) is 13.7. The van der Waals surface area contributed by atoms with E-state index in [2.05, 4.69) is 6.92 Å². The molecule has 2 rings (SSSR count). The van der Waals surface area contributed by atoms with Crippen LogP contribution in [0.1, 0.15) is 59.7 Å². The molecule has 0 saturated heterocycles. The molecule has 4 heteroatoms. The predicted octanol–water partition coefficient (Wildman–Crippen LogP) is 3.18. The maximum atomic E-state index is 12.0. The molecule has 1 aliphatic rings. The Bertz CT molecular complexity index is 435. The van der Waals surface area contributed by atoms with Crippen LogP contribution >= 0.6 is 0 Å². The van der Waals surface area contributed by atoms with Crippen molar-refractivity contribution in [2.45, 2.75) is 39.0 Å². The van der Waals surface area contributed by atoms with E-state index in [1.165, 1.54) is 19.3 Å². The summed E-state index contributed by atoms with van der Waals surface area (Å²) in [5.41, 5.74) is 0.858. The molecule has 0 spiro atoms. The summed E-state index contributed by atoms with van der Waals surface area (Å²) in [7, 11) is 0. The summed E-state index contributed by atoms with van der Waals surface area (Å²) in [5.74, 6) is -0.705. The number of hydroxylamine groups is 2. The van der Waals surface area contributed by atoms with Crippen LogP contribution < -0.4 is 0 Å². The molecule has 0 N–H and O–H groups in total. The molecule has 0 fully saturated rings. The topological polar surface area (TPSA) is 46.6 Å². The second-order valence-electron chi connectivity index (χ2n) is 4.70. The van der Waals surface area contributed by atoms with Crippen LogP contribution in [0.5, 0.6) is 0 Å². The lowest BCUT2D eigenvalue weighted by molar-refractivity contribution is -0.0922. The lowest BCUT2D eigenvalue weighted by Gasteiger charge is -2.12. The molecule has 0 aliphatic carbocycles. The van der Waals surface area contributed by atoms with Crippen LogP contribution in [0.25, 0.3) is 0 Å². The minimum atomic E-state index is -0.353. The number of amides is 2. The van der Waals surface area contributed by atoms with E-state index in [-0.39, 0.29) is 11.8 Å². The van der Waals surface area contributed by atoms with Crippen LogP contribution in [0, 0.1) is 0 Å². The summed E-state index contributed by atoms with van der Waals surface area (Å²) < 4.78 is 0. The third-order valence-electron chi connectivity index (χ3n) is 3.23. The van der Waals surface area contributed by atoms with Gasteiger partial charge in [0.1, 0.15) is 0 Å². The molecule has 102 valence electrons. The van der Waals surface area contributed by atoms with Gasteiger partial charge in [-0.3, -0.25) is 14.4 Å². The van der Waals surface area contributed by atoms with Crippen molar-refractivity contribution in [1.29, 1.82) is 0 Å². The van der Waals surface area contributed by atoms with Crippen LogP contribution in [0.15, 0.2) is 24.3 Å². The first kappa shape index (κ1) is 13.7. The van der Waals surface area contributed by atoms with E-state index in [1.807, 2.05) is 0 Å². The molecule has 1 aliphatic heterocycles. The van der Waals surface area contributed by atoms with Gasteiger partial charge in [-0.2, -0.15) is 0 Å². The number of nitrogens with zero attached hydrogens (tertiary/aromatic N) is 1. The average molecular weight is 261 g/mol. The zero-order valence-electron chi connectivity index (χ0n) is 11.2. The third-order valence-corrected chi connectivity index (χ3v) is 3.23. The minimum Gasteiger partial charge on any atom is -0.266 e. The first-order chi connectivity index (χ1) is 9.25. The van der Waals surface area contributed by atoms with Crippen molar-refractivity contribution in [2.75, 3.05) is 6.61 Å². The van der Waals surface area contributed by atoms with Crippen LogP contribution in [-0.2, 0) is 4.84 Å². The van der Waals surface area contributed by atoms with Crippen molar-refractivity contribution in [3.8, 4) is 0 Å². The Labute approximate surface area is 113 Å². The van der Waals surface area contributed by atoms with E-state index in [9.17, 15) is 9.59 Å². The molecule has 1 aromatic rings. The third kappa shape index (κ3) is 3.01. The zero-order valence-corrected chi connectivity index (χ0v) is 11.2. The predicted molar refractivity (Wildman–Crippen MR) is 71.7 cm³/mol. The number of benzene rings is 1. The van der Waals surface area contributed by atoms with Gasteiger partial charge in [0.15, 0.2) is 0 Å². The molecular weight excluding hydrogens is 242 g/mol. The van der Waals surface area contributed by atoms with Crippen molar-refractivity contribution in [2.24, 2.45) is 0 Å². The Morgan fingerprint density at radius 1 is 0.947 bits per heavy atom. The number of rotatable bonds is 7. The van der Waals surface area contributed by atoms with Crippen molar-refractivity contribution < 1.29 is 14.4 Å². The Morgan fingerprint density at radius 3 is 2.11 bits per heavy atom. The maximum absolute atomic E-state index is 12.0. The van der Waals surface area contributed by atoms with Gasteiger partial charge in [-0.15, -0.1) is 5.06 Å². The highest BCUT2D eigenvalue weighted by Gasteiger charge is 2.36. The molecule has 2 amide bonds. The Balaban J connectivity index is 1.83. The number of fused-ring (bicyclic) bond motifs is 1. The van der Waals surface area contributed by atoms with Crippen LogP contribution in [0.4, 0.5) is 0 Å². The summed E-state index contributed by atoms with van der Waals surface area (Å²) in [4.78, 5) is 29.2. The summed E-state index contributed by atoms with van der Waals surface area (Å²) >= 11 is 0. The minimum absolute atomic E-state index is 0.353. The number of carbonyl (C=O) groups excluding carboxylic acids is 2. The van der Waals surface area contributed by atoms with E-state index < -0.39 is 0 Å². The SMILES string of the molecule is CCCCCCCON1C(=O)c2ccccc2C1=O. The number of imide groups is 1. The van der Waals surface area contributed by atoms with Crippen molar-refractivity contribution in [1.82, 2.24) is 5.06 Å². The summed E-state index contributed by atoms with van der Waals surface area (Å²) in [6.07, 6.45) is 5.51. The quantitative estimate of drug-likeness (QED) is 0.559. The summed E-state index contributed by atoms with van der Waals surface area (Å²) in [6.45, 7) is 2.57. The van der Waals surface area contributed by atoms with E-state index >= 15 is 0 Å². The molecule has 0 bridgehead atoms. The molecule has 0 radical (unpaired) electrons. The second kappa shape index (κ2) is 6.48. The summed E-state index contributed by atoms with van der Waals surface area (Å²) in [5, 5.41) is 0.893. The van der Waals surface area contributed by atoms with Gasteiger partial charge in [0.05, 0.1) is 17.7 Å². The van der Waals surface area contributed by atoms with Gasteiger partial charge in [-0.1, -0.05) is 44.7 Å². The van der Waals surface area contributed by atoms with Gasteiger partial charge in [0, 0.05) is 0 Å². The van der Waals surface area contributed by atoms with Gasteiger partial charge in [0.25, 0.3) is 11.8 Å². The number of hydrogen-bond donors (Lipinski definition) is 0. The highest BCUT2D eigenvalue weighted by Crippen LogP contribution is 2.22. The molecule has 1 heterocycles. The van der Waals surface area contributed by atoms with Crippen LogP contribution in [0.2, 0.25) is 0 Å². The largest absolute Gasteiger partial charge is 0.285 e. The molecule has 0 unspecified atom stereocenters. The van der Waals surface area contributed by atoms with Gasteiger partial charge < -0.3 is 0 Å². The van der Waals surface area contributed by atoms with Gasteiger partial charge in [0.2, 0.25) is 0 Å². The van der Waals surface area contributed by atoms with E-state index in [0.717, 1.165) is 17.9 Å². The molecule has 19 heavy (non-hydrogen) atoms. The van der Waals surface area contributed by atoms with Gasteiger partial charge >= 0.3 is 0 Å². The van der Waals surface area contributed by atoms with Crippen molar-refractivity contribution in [3.05, 3.63) is 35.4 Å². The Hall–Kier alpha value is -1.68. The number of unbranched alkanes of at least 4 members (excludes halogenated alkanes) is 4. The van der Waals surface area contributed by atoms with E-state index in [1.54, 1.807) is 24.3 Å². The first-order valence-electron chi connectivity index (χ1n) is 6.86.